The van der Waals surface area contributed by atoms with Crippen molar-refractivity contribution in [2.75, 3.05) is 13.7 Å². The molecule has 1 saturated carbocycles. The van der Waals surface area contributed by atoms with Gasteiger partial charge in [-0.2, -0.15) is 0 Å². The van der Waals surface area contributed by atoms with E-state index in [0.29, 0.717) is 25.6 Å². The molecule has 2 N–H and O–H groups in total. The minimum absolute atomic E-state index is 0.0763. The van der Waals surface area contributed by atoms with Crippen LogP contribution in [0.4, 0.5) is 0 Å². The van der Waals surface area contributed by atoms with Gasteiger partial charge in [0.05, 0.1) is 6.04 Å². The zero-order valence-electron chi connectivity index (χ0n) is 12.1. The van der Waals surface area contributed by atoms with Gasteiger partial charge in [-0.05, 0) is 31.2 Å². The van der Waals surface area contributed by atoms with E-state index in [2.05, 4.69) is 12.1 Å². The first kappa shape index (κ1) is 15.0. The van der Waals surface area contributed by atoms with E-state index in [4.69, 9.17) is 10.5 Å². The van der Waals surface area contributed by atoms with Crippen LogP contribution in [-0.2, 0) is 16.1 Å². The van der Waals surface area contributed by atoms with E-state index in [9.17, 15) is 4.79 Å². The SMILES string of the molecule is COCCCC(N)C(=O)N(Cc1ccccc1)C1CC1. The van der Waals surface area contributed by atoms with Gasteiger partial charge in [0.25, 0.3) is 0 Å². The number of methoxy groups -OCH3 is 1. The van der Waals surface area contributed by atoms with Crippen molar-refractivity contribution in [3.63, 3.8) is 0 Å². The van der Waals surface area contributed by atoms with E-state index in [0.717, 1.165) is 24.8 Å². The van der Waals surface area contributed by atoms with Crippen molar-refractivity contribution in [3.05, 3.63) is 35.9 Å². The molecule has 20 heavy (non-hydrogen) atoms. The lowest BCUT2D eigenvalue weighted by Crippen LogP contribution is -2.44. The second-order valence-electron chi connectivity index (χ2n) is 5.42. The lowest BCUT2D eigenvalue weighted by Gasteiger charge is -2.26. The number of hydrogen-bond donors (Lipinski definition) is 1. The van der Waals surface area contributed by atoms with Gasteiger partial charge < -0.3 is 15.4 Å². The molecule has 110 valence electrons. The van der Waals surface area contributed by atoms with Crippen molar-refractivity contribution >= 4 is 5.91 Å². The van der Waals surface area contributed by atoms with Crippen molar-refractivity contribution in [2.24, 2.45) is 5.73 Å². The van der Waals surface area contributed by atoms with Crippen LogP contribution in [0.25, 0.3) is 0 Å². The number of ether oxygens (including phenoxy) is 1. The molecule has 0 heterocycles. The molecule has 0 aliphatic heterocycles. The Bertz CT molecular complexity index is 418. The fourth-order valence-electron chi connectivity index (χ4n) is 2.34. The quantitative estimate of drug-likeness (QED) is 0.738. The Morgan fingerprint density at radius 1 is 1.40 bits per heavy atom. The summed E-state index contributed by atoms with van der Waals surface area (Å²) < 4.78 is 5.01. The fourth-order valence-corrected chi connectivity index (χ4v) is 2.34. The highest BCUT2D eigenvalue weighted by molar-refractivity contribution is 5.82. The third-order valence-electron chi connectivity index (χ3n) is 3.65. The van der Waals surface area contributed by atoms with E-state index >= 15 is 0 Å². The molecule has 0 saturated heterocycles. The van der Waals surface area contributed by atoms with Crippen molar-refractivity contribution in [2.45, 2.75) is 44.3 Å². The number of carbonyl (C=O) groups is 1. The number of nitrogens with zero attached hydrogens (tertiary/aromatic N) is 1. The van der Waals surface area contributed by atoms with Gasteiger partial charge >= 0.3 is 0 Å². The molecule has 0 radical (unpaired) electrons. The normalized spacial score (nSPS) is 15.9. The van der Waals surface area contributed by atoms with E-state index < -0.39 is 6.04 Å². The predicted molar refractivity (Wildman–Crippen MR) is 79.1 cm³/mol. The Balaban J connectivity index is 1.92. The molecule has 1 aliphatic carbocycles. The number of nitrogens with two attached hydrogens (primary N) is 1. The largest absolute Gasteiger partial charge is 0.385 e. The molecule has 1 aliphatic rings. The summed E-state index contributed by atoms with van der Waals surface area (Å²) in [6.45, 7) is 1.32. The summed E-state index contributed by atoms with van der Waals surface area (Å²) in [6.07, 6.45) is 3.71. The van der Waals surface area contributed by atoms with Crippen LogP contribution in [0.1, 0.15) is 31.2 Å². The van der Waals surface area contributed by atoms with Crippen LogP contribution in [0.15, 0.2) is 30.3 Å². The summed E-state index contributed by atoms with van der Waals surface area (Å²) >= 11 is 0. The van der Waals surface area contributed by atoms with Crippen molar-refractivity contribution in [1.82, 2.24) is 4.90 Å². The summed E-state index contributed by atoms with van der Waals surface area (Å²) in [4.78, 5) is 14.4. The van der Waals surface area contributed by atoms with E-state index in [1.807, 2.05) is 23.1 Å². The Morgan fingerprint density at radius 2 is 2.10 bits per heavy atom. The summed E-state index contributed by atoms with van der Waals surface area (Å²) in [5.74, 6) is 0.0763. The molecule has 1 aromatic rings. The highest BCUT2D eigenvalue weighted by Gasteiger charge is 2.34. The molecular weight excluding hydrogens is 252 g/mol. The van der Waals surface area contributed by atoms with Crippen LogP contribution in [-0.4, -0.2) is 36.6 Å². The second-order valence-corrected chi connectivity index (χ2v) is 5.42. The van der Waals surface area contributed by atoms with Gasteiger partial charge in [-0.1, -0.05) is 30.3 Å². The summed E-state index contributed by atoms with van der Waals surface area (Å²) in [7, 11) is 1.67. The first-order valence-electron chi connectivity index (χ1n) is 7.31. The van der Waals surface area contributed by atoms with Gasteiger partial charge in [-0.25, -0.2) is 0 Å². The molecule has 0 aromatic heterocycles. The number of benzene rings is 1. The van der Waals surface area contributed by atoms with E-state index in [1.54, 1.807) is 7.11 Å². The van der Waals surface area contributed by atoms with E-state index in [-0.39, 0.29) is 5.91 Å². The average Bonchev–Trinajstić information content (AvgIpc) is 3.30. The molecule has 2 rings (SSSR count). The van der Waals surface area contributed by atoms with E-state index in [1.165, 1.54) is 0 Å². The van der Waals surface area contributed by atoms with Gasteiger partial charge in [0.15, 0.2) is 0 Å². The monoisotopic (exact) mass is 276 g/mol. The maximum atomic E-state index is 12.5. The Hall–Kier alpha value is -1.39. The zero-order chi connectivity index (χ0) is 14.4. The molecule has 0 spiro atoms. The smallest absolute Gasteiger partial charge is 0.240 e. The standard InChI is InChI=1S/C16H24N2O2/c1-20-11-5-8-15(17)16(19)18(14-9-10-14)12-13-6-3-2-4-7-13/h2-4,6-7,14-15H,5,8-12,17H2,1H3. The summed E-state index contributed by atoms with van der Waals surface area (Å²) in [5.41, 5.74) is 7.20. The molecule has 1 unspecified atom stereocenters. The van der Waals surface area contributed by atoms with Gasteiger partial charge in [-0.15, -0.1) is 0 Å². The molecule has 1 aromatic carbocycles. The molecule has 1 amide bonds. The lowest BCUT2D eigenvalue weighted by atomic mass is 10.1. The lowest BCUT2D eigenvalue weighted by molar-refractivity contribution is -0.134. The third kappa shape index (κ3) is 4.32. The molecule has 0 bridgehead atoms. The Kier molecular flexibility index (Phi) is 5.56. The maximum absolute atomic E-state index is 12.5. The Labute approximate surface area is 120 Å². The van der Waals surface area contributed by atoms with Gasteiger partial charge in [0.1, 0.15) is 0 Å². The zero-order valence-corrected chi connectivity index (χ0v) is 12.1. The van der Waals surface area contributed by atoms with Crippen LogP contribution in [0, 0.1) is 0 Å². The predicted octanol–water partition coefficient (Wildman–Crippen LogP) is 1.93. The summed E-state index contributed by atoms with van der Waals surface area (Å²) in [5, 5.41) is 0. The highest BCUT2D eigenvalue weighted by atomic mass is 16.5. The highest BCUT2D eigenvalue weighted by Crippen LogP contribution is 2.29. The molecule has 1 fully saturated rings. The van der Waals surface area contributed by atoms with Crippen LogP contribution < -0.4 is 5.73 Å². The molecule has 4 heteroatoms. The van der Waals surface area contributed by atoms with Crippen molar-refractivity contribution in [1.29, 1.82) is 0 Å². The number of amides is 1. The second kappa shape index (κ2) is 7.41. The molecular formula is C16H24N2O2. The molecule has 4 nitrogen and oxygen atoms in total. The van der Waals surface area contributed by atoms with Crippen molar-refractivity contribution < 1.29 is 9.53 Å². The minimum Gasteiger partial charge on any atom is -0.385 e. The topological polar surface area (TPSA) is 55.6 Å². The Morgan fingerprint density at radius 3 is 2.70 bits per heavy atom. The van der Waals surface area contributed by atoms with Crippen molar-refractivity contribution in [3.8, 4) is 0 Å². The van der Waals surface area contributed by atoms with Gasteiger partial charge in [-0.3, -0.25) is 4.79 Å². The number of hydrogen-bond acceptors (Lipinski definition) is 3. The fraction of sp³-hybridized carbons (Fsp3) is 0.562. The minimum atomic E-state index is -0.408. The number of carbonyl (C=O) groups excluding carboxylic acids is 1. The van der Waals surface area contributed by atoms with Crippen LogP contribution in [0.2, 0.25) is 0 Å². The van der Waals surface area contributed by atoms with Crippen LogP contribution >= 0.6 is 0 Å². The average molecular weight is 276 g/mol. The van der Waals surface area contributed by atoms with Crippen LogP contribution in [0.3, 0.4) is 0 Å². The summed E-state index contributed by atoms with van der Waals surface area (Å²) in [6, 6.07) is 10.1. The van der Waals surface area contributed by atoms with Gasteiger partial charge in [0, 0.05) is 26.3 Å². The first-order valence-corrected chi connectivity index (χ1v) is 7.31. The van der Waals surface area contributed by atoms with Crippen LogP contribution in [0.5, 0.6) is 0 Å². The third-order valence-corrected chi connectivity index (χ3v) is 3.65. The number of rotatable bonds is 8. The first-order chi connectivity index (χ1) is 9.72. The van der Waals surface area contributed by atoms with Gasteiger partial charge in [0.2, 0.25) is 5.91 Å². The maximum Gasteiger partial charge on any atom is 0.240 e. The molecule has 1 atom stereocenters.